The molecule has 0 unspecified atom stereocenters. The molecule has 0 N–H and O–H groups in total. The largest absolute Gasteiger partial charge is 0.356 e. The zero-order chi connectivity index (χ0) is 13.9. The molecule has 0 atom stereocenters. The lowest BCUT2D eigenvalue weighted by atomic mass is 10.1. The zero-order valence-electron chi connectivity index (χ0n) is 10.4. The van der Waals surface area contributed by atoms with E-state index >= 15 is 0 Å². The van der Waals surface area contributed by atoms with E-state index < -0.39 is 4.92 Å². The number of aromatic nitrogens is 1. The maximum absolute atomic E-state index is 10.8. The standard InChI is InChI=1S/C15H10N2O3/c18-17(19)13-8-4-7-12(9-13)15-10-14(16-20-15)11-5-2-1-3-6-11/h1-10H. The van der Waals surface area contributed by atoms with Crippen LogP contribution in [0.25, 0.3) is 22.6 Å². The van der Waals surface area contributed by atoms with Gasteiger partial charge >= 0.3 is 0 Å². The molecule has 0 aliphatic carbocycles. The molecule has 0 aliphatic heterocycles. The van der Waals surface area contributed by atoms with Crippen LogP contribution in [-0.2, 0) is 0 Å². The molecular formula is C15H10N2O3. The maximum atomic E-state index is 10.8. The molecule has 0 fully saturated rings. The van der Waals surface area contributed by atoms with E-state index in [0.717, 1.165) is 5.56 Å². The molecule has 3 rings (SSSR count). The highest BCUT2D eigenvalue weighted by Gasteiger charge is 2.12. The summed E-state index contributed by atoms with van der Waals surface area (Å²) in [5.41, 5.74) is 2.30. The van der Waals surface area contributed by atoms with E-state index in [9.17, 15) is 10.1 Å². The highest BCUT2D eigenvalue weighted by molar-refractivity contribution is 5.67. The van der Waals surface area contributed by atoms with Gasteiger partial charge in [-0.15, -0.1) is 0 Å². The molecule has 0 saturated heterocycles. The fourth-order valence-electron chi connectivity index (χ4n) is 1.93. The topological polar surface area (TPSA) is 69.2 Å². The minimum Gasteiger partial charge on any atom is -0.356 e. The van der Waals surface area contributed by atoms with Crippen molar-refractivity contribution in [3.05, 3.63) is 70.8 Å². The molecule has 1 heterocycles. The summed E-state index contributed by atoms with van der Waals surface area (Å²) in [6, 6.07) is 17.7. The van der Waals surface area contributed by atoms with Gasteiger partial charge in [-0.3, -0.25) is 10.1 Å². The summed E-state index contributed by atoms with van der Waals surface area (Å²) in [4.78, 5) is 10.3. The van der Waals surface area contributed by atoms with Crippen molar-refractivity contribution in [3.63, 3.8) is 0 Å². The van der Waals surface area contributed by atoms with E-state index in [2.05, 4.69) is 5.16 Å². The van der Waals surface area contributed by atoms with E-state index in [0.29, 0.717) is 17.0 Å². The average molecular weight is 266 g/mol. The third-order valence-electron chi connectivity index (χ3n) is 2.92. The van der Waals surface area contributed by atoms with E-state index in [4.69, 9.17) is 4.52 Å². The summed E-state index contributed by atoms with van der Waals surface area (Å²) in [5, 5.41) is 14.8. The minimum atomic E-state index is -0.433. The van der Waals surface area contributed by atoms with Crippen LogP contribution < -0.4 is 0 Å². The Bertz CT molecular complexity index is 751. The number of hydrogen-bond acceptors (Lipinski definition) is 4. The van der Waals surface area contributed by atoms with Gasteiger partial charge in [0.1, 0.15) is 5.69 Å². The van der Waals surface area contributed by atoms with Gasteiger partial charge in [-0.2, -0.15) is 0 Å². The van der Waals surface area contributed by atoms with Gasteiger partial charge in [-0.05, 0) is 0 Å². The summed E-state index contributed by atoms with van der Waals surface area (Å²) in [6.45, 7) is 0. The summed E-state index contributed by atoms with van der Waals surface area (Å²) in [7, 11) is 0. The molecule has 0 spiro atoms. The fourth-order valence-corrected chi connectivity index (χ4v) is 1.93. The predicted octanol–water partition coefficient (Wildman–Crippen LogP) is 3.92. The Morgan fingerprint density at radius 1 is 0.950 bits per heavy atom. The quantitative estimate of drug-likeness (QED) is 0.532. The van der Waals surface area contributed by atoms with E-state index in [1.165, 1.54) is 12.1 Å². The lowest BCUT2D eigenvalue weighted by Crippen LogP contribution is -1.87. The SMILES string of the molecule is O=[N+]([O-])c1cccc(-c2cc(-c3ccccc3)no2)c1. The Balaban J connectivity index is 1.98. The molecule has 98 valence electrons. The summed E-state index contributed by atoms with van der Waals surface area (Å²) < 4.78 is 5.27. The Morgan fingerprint density at radius 3 is 2.45 bits per heavy atom. The normalized spacial score (nSPS) is 10.4. The zero-order valence-corrected chi connectivity index (χ0v) is 10.4. The van der Waals surface area contributed by atoms with Crippen LogP contribution in [0.4, 0.5) is 5.69 Å². The Kier molecular flexibility index (Phi) is 3.01. The Labute approximate surface area is 114 Å². The third kappa shape index (κ3) is 2.29. The van der Waals surface area contributed by atoms with E-state index in [-0.39, 0.29) is 5.69 Å². The minimum absolute atomic E-state index is 0.0279. The van der Waals surface area contributed by atoms with Gasteiger partial charge in [0.2, 0.25) is 0 Å². The van der Waals surface area contributed by atoms with Crippen molar-refractivity contribution in [3.8, 4) is 22.6 Å². The number of nitro groups is 1. The number of non-ortho nitro benzene ring substituents is 1. The van der Waals surface area contributed by atoms with Crippen LogP contribution in [0.3, 0.4) is 0 Å². The third-order valence-corrected chi connectivity index (χ3v) is 2.92. The molecule has 0 aliphatic rings. The molecule has 0 radical (unpaired) electrons. The monoisotopic (exact) mass is 266 g/mol. The number of hydrogen-bond donors (Lipinski definition) is 0. The Morgan fingerprint density at radius 2 is 1.70 bits per heavy atom. The molecule has 20 heavy (non-hydrogen) atoms. The summed E-state index contributed by atoms with van der Waals surface area (Å²) in [5.74, 6) is 0.507. The van der Waals surface area contributed by atoms with Gasteiger partial charge in [0.25, 0.3) is 5.69 Å². The smallest absolute Gasteiger partial charge is 0.270 e. The van der Waals surface area contributed by atoms with Gasteiger partial charge in [0, 0.05) is 29.3 Å². The van der Waals surface area contributed by atoms with Crippen LogP contribution in [0.2, 0.25) is 0 Å². The van der Waals surface area contributed by atoms with Gasteiger partial charge in [-0.25, -0.2) is 0 Å². The first-order chi connectivity index (χ1) is 9.74. The lowest BCUT2D eigenvalue weighted by Gasteiger charge is -1.95. The molecule has 0 bridgehead atoms. The molecule has 3 aromatic rings. The van der Waals surface area contributed by atoms with Crippen molar-refractivity contribution in [2.45, 2.75) is 0 Å². The van der Waals surface area contributed by atoms with Crippen LogP contribution >= 0.6 is 0 Å². The summed E-state index contributed by atoms with van der Waals surface area (Å²) >= 11 is 0. The number of nitrogens with zero attached hydrogens (tertiary/aromatic N) is 2. The first kappa shape index (κ1) is 12.1. The molecule has 0 saturated carbocycles. The van der Waals surface area contributed by atoms with E-state index in [1.54, 1.807) is 18.2 Å². The number of benzene rings is 2. The lowest BCUT2D eigenvalue weighted by molar-refractivity contribution is -0.384. The molecule has 0 amide bonds. The van der Waals surface area contributed by atoms with Gasteiger partial charge < -0.3 is 4.52 Å². The first-order valence-corrected chi connectivity index (χ1v) is 6.01. The van der Waals surface area contributed by atoms with Gasteiger partial charge in [-0.1, -0.05) is 47.6 Å². The molecule has 2 aromatic carbocycles. The summed E-state index contributed by atoms with van der Waals surface area (Å²) in [6.07, 6.45) is 0. The highest BCUT2D eigenvalue weighted by Crippen LogP contribution is 2.27. The van der Waals surface area contributed by atoms with Crippen LogP contribution in [0.1, 0.15) is 0 Å². The van der Waals surface area contributed by atoms with Crippen LogP contribution in [0.5, 0.6) is 0 Å². The molecule has 5 heteroatoms. The van der Waals surface area contributed by atoms with Gasteiger partial charge in [0.05, 0.1) is 4.92 Å². The van der Waals surface area contributed by atoms with Crippen LogP contribution in [0, 0.1) is 10.1 Å². The van der Waals surface area contributed by atoms with E-state index in [1.807, 2.05) is 30.3 Å². The molecule has 5 nitrogen and oxygen atoms in total. The highest BCUT2D eigenvalue weighted by atomic mass is 16.6. The predicted molar refractivity (Wildman–Crippen MR) is 74.0 cm³/mol. The van der Waals surface area contributed by atoms with Crippen LogP contribution in [-0.4, -0.2) is 10.1 Å². The van der Waals surface area contributed by atoms with Crippen LogP contribution in [0.15, 0.2) is 65.2 Å². The van der Waals surface area contributed by atoms with Crippen molar-refractivity contribution in [2.24, 2.45) is 0 Å². The van der Waals surface area contributed by atoms with Crippen molar-refractivity contribution in [2.75, 3.05) is 0 Å². The number of nitro benzene ring substituents is 1. The second kappa shape index (κ2) is 4.97. The number of rotatable bonds is 3. The second-order valence-corrected chi connectivity index (χ2v) is 4.25. The average Bonchev–Trinajstić information content (AvgIpc) is 2.98. The van der Waals surface area contributed by atoms with Crippen molar-refractivity contribution >= 4 is 5.69 Å². The second-order valence-electron chi connectivity index (χ2n) is 4.25. The molecule has 1 aromatic heterocycles. The van der Waals surface area contributed by atoms with Crippen molar-refractivity contribution in [1.29, 1.82) is 0 Å². The fraction of sp³-hybridized carbons (Fsp3) is 0. The first-order valence-electron chi connectivity index (χ1n) is 6.01. The van der Waals surface area contributed by atoms with Gasteiger partial charge in [0.15, 0.2) is 5.76 Å². The molecular weight excluding hydrogens is 256 g/mol. The maximum Gasteiger partial charge on any atom is 0.270 e. The Hall–Kier alpha value is -2.95. The van der Waals surface area contributed by atoms with Crippen molar-refractivity contribution < 1.29 is 9.45 Å². The van der Waals surface area contributed by atoms with Crippen molar-refractivity contribution in [1.82, 2.24) is 5.16 Å².